The molecule has 1 aliphatic heterocycles. The van der Waals surface area contributed by atoms with Crippen LogP contribution in [0, 0.1) is 0 Å². The number of rotatable bonds is 2. The summed E-state index contributed by atoms with van der Waals surface area (Å²) in [5.41, 5.74) is 7.29. The largest absolute Gasteiger partial charge is 0.397 e. The van der Waals surface area contributed by atoms with Gasteiger partial charge in [0.25, 0.3) is 0 Å². The van der Waals surface area contributed by atoms with Gasteiger partial charge in [-0.05, 0) is 31.0 Å². The molecule has 1 fully saturated rings. The summed E-state index contributed by atoms with van der Waals surface area (Å²) in [5, 5.41) is 3.21. The molecule has 94 valence electrons. The first-order valence-corrected chi connectivity index (χ1v) is 8.10. The third-order valence-corrected chi connectivity index (χ3v) is 5.15. The number of nitrogens with two attached hydrogens (primary N) is 1. The highest BCUT2D eigenvalue weighted by atomic mass is 79.9. The predicted molar refractivity (Wildman–Crippen MR) is 73.9 cm³/mol. The molecule has 1 atom stereocenters. The second-order valence-corrected chi connectivity index (χ2v) is 7.47. The van der Waals surface area contributed by atoms with Crippen LogP contribution in [0.1, 0.15) is 12.8 Å². The van der Waals surface area contributed by atoms with Crippen molar-refractivity contribution in [2.75, 3.05) is 22.6 Å². The Bertz CT molecular complexity index is 516. The van der Waals surface area contributed by atoms with Crippen LogP contribution < -0.4 is 11.1 Å². The Morgan fingerprint density at radius 3 is 2.82 bits per heavy atom. The fourth-order valence-corrected chi connectivity index (χ4v) is 4.04. The van der Waals surface area contributed by atoms with Crippen molar-refractivity contribution in [1.29, 1.82) is 0 Å². The Hall–Kier alpha value is -0.750. The fourth-order valence-electron chi connectivity index (χ4n) is 2.02. The van der Waals surface area contributed by atoms with Crippen molar-refractivity contribution in [2.45, 2.75) is 18.9 Å². The van der Waals surface area contributed by atoms with E-state index in [0.29, 0.717) is 11.4 Å². The van der Waals surface area contributed by atoms with E-state index in [0.717, 1.165) is 23.0 Å². The third-order valence-electron chi connectivity index (χ3n) is 2.84. The van der Waals surface area contributed by atoms with E-state index >= 15 is 0 Å². The first-order valence-electron chi connectivity index (χ1n) is 5.48. The molecular formula is C11H15BrN2O2S. The number of hydrogen-bond acceptors (Lipinski definition) is 4. The molecule has 1 aromatic carbocycles. The van der Waals surface area contributed by atoms with E-state index in [1.807, 2.05) is 12.1 Å². The summed E-state index contributed by atoms with van der Waals surface area (Å²) in [6.07, 6.45) is 1.59. The SMILES string of the molecule is Nc1cc(Br)ccc1NC1CCCS(=O)(=O)C1. The molecule has 1 heterocycles. The number of anilines is 2. The first kappa shape index (κ1) is 12.7. The smallest absolute Gasteiger partial charge is 0.152 e. The zero-order chi connectivity index (χ0) is 12.5. The molecule has 1 aromatic rings. The van der Waals surface area contributed by atoms with Crippen molar-refractivity contribution in [3.8, 4) is 0 Å². The minimum absolute atomic E-state index is 0.0303. The summed E-state index contributed by atoms with van der Waals surface area (Å²) < 4.78 is 23.9. The maximum Gasteiger partial charge on any atom is 0.152 e. The van der Waals surface area contributed by atoms with Crippen LogP contribution in [0.5, 0.6) is 0 Å². The summed E-state index contributed by atoms with van der Waals surface area (Å²) in [6.45, 7) is 0. The average molecular weight is 319 g/mol. The van der Waals surface area contributed by atoms with Crippen molar-refractivity contribution in [1.82, 2.24) is 0 Å². The van der Waals surface area contributed by atoms with E-state index in [9.17, 15) is 8.42 Å². The third kappa shape index (κ3) is 3.35. The van der Waals surface area contributed by atoms with Gasteiger partial charge in [-0.2, -0.15) is 0 Å². The number of halogens is 1. The summed E-state index contributed by atoms with van der Waals surface area (Å²) >= 11 is 3.34. The zero-order valence-corrected chi connectivity index (χ0v) is 11.7. The lowest BCUT2D eigenvalue weighted by Gasteiger charge is -2.24. The van der Waals surface area contributed by atoms with Crippen molar-refractivity contribution < 1.29 is 8.42 Å². The number of nitrogen functional groups attached to an aromatic ring is 1. The van der Waals surface area contributed by atoms with Crippen LogP contribution in [0.3, 0.4) is 0 Å². The topological polar surface area (TPSA) is 72.2 Å². The molecule has 0 spiro atoms. The van der Waals surface area contributed by atoms with Crippen molar-refractivity contribution in [3.05, 3.63) is 22.7 Å². The minimum atomic E-state index is -2.89. The van der Waals surface area contributed by atoms with Gasteiger partial charge in [0.1, 0.15) is 0 Å². The summed E-state index contributed by atoms with van der Waals surface area (Å²) in [4.78, 5) is 0. The van der Waals surface area contributed by atoms with E-state index in [4.69, 9.17) is 5.73 Å². The summed E-state index contributed by atoms with van der Waals surface area (Å²) in [7, 11) is -2.89. The summed E-state index contributed by atoms with van der Waals surface area (Å²) in [6, 6.07) is 5.52. The molecule has 3 N–H and O–H groups in total. The Kier molecular flexibility index (Phi) is 3.63. The zero-order valence-electron chi connectivity index (χ0n) is 9.32. The molecule has 0 amide bonds. The molecule has 0 saturated carbocycles. The number of sulfone groups is 1. The maximum absolute atomic E-state index is 11.5. The quantitative estimate of drug-likeness (QED) is 0.818. The lowest BCUT2D eigenvalue weighted by atomic mass is 10.1. The lowest BCUT2D eigenvalue weighted by Crippen LogP contribution is -2.35. The molecule has 0 radical (unpaired) electrons. The van der Waals surface area contributed by atoms with E-state index in [-0.39, 0.29) is 11.8 Å². The standard InChI is InChI=1S/C11H15BrN2O2S/c12-8-3-4-11(10(13)6-8)14-9-2-1-5-17(15,16)7-9/h3-4,6,9,14H,1-2,5,7,13H2. The highest BCUT2D eigenvalue weighted by Gasteiger charge is 2.24. The Morgan fingerprint density at radius 2 is 2.18 bits per heavy atom. The number of hydrogen-bond donors (Lipinski definition) is 2. The summed E-state index contributed by atoms with van der Waals surface area (Å²) in [5.74, 6) is 0.503. The first-order chi connectivity index (χ1) is 7.96. The molecule has 1 saturated heterocycles. The molecular weight excluding hydrogens is 304 g/mol. The van der Waals surface area contributed by atoms with Crippen molar-refractivity contribution in [3.63, 3.8) is 0 Å². The van der Waals surface area contributed by atoms with Gasteiger partial charge in [-0.15, -0.1) is 0 Å². The molecule has 4 nitrogen and oxygen atoms in total. The van der Waals surface area contributed by atoms with Gasteiger partial charge < -0.3 is 11.1 Å². The minimum Gasteiger partial charge on any atom is -0.397 e. The van der Waals surface area contributed by atoms with Crippen LogP contribution >= 0.6 is 15.9 Å². The lowest BCUT2D eigenvalue weighted by molar-refractivity contribution is 0.562. The molecule has 6 heteroatoms. The predicted octanol–water partition coefficient (Wildman–Crippen LogP) is 2.02. The Morgan fingerprint density at radius 1 is 1.41 bits per heavy atom. The van der Waals surface area contributed by atoms with E-state index < -0.39 is 9.84 Å². The van der Waals surface area contributed by atoms with Crippen molar-refractivity contribution >= 4 is 37.1 Å². The molecule has 2 rings (SSSR count). The van der Waals surface area contributed by atoms with Crippen LogP contribution in [-0.2, 0) is 9.84 Å². The molecule has 0 aromatic heterocycles. The molecule has 1 aliphatic rings. The van der Waals surface area contributed by atoms with Gasteiger partial charge >= 0.3 is 0 Å². The highest BCUT2D eigenvalue weighted by Crippen LogP contribution is 2.25. The van der Waals surface area contributed by atoms with Crippen LogP contribution in [0.25, 0.3) is 0 Å². The fraction of sp³-hybridized carbons (Fsp3) is 0.455. The van der Waals surface area contributed by atoms with E-state index in [1.54, 1.807) is 6.07 Å². The normalized spacial score (nSPS) is 23.2. The van der Waals surface area contributed by atoms with Crippen molar-refractivity contribution in [2.24, 2.45) is 0 Å². The van der Waals surface area contributed by atoms with Gasteiger partial charge in [-0.1, -0.05) is 15.9 Å². The average Bonchev–Trinajstić information content (AvgIpc) is 2.21. The monoisotopic (exact) mass is 318 g/mol. The van der Waals surface area contributed by atoms with Crippen LogP contribution in [0.15, 0.2) is 22.7 Å². The second-order valence-electron chi connectivity index (χ2n) is 4.33. The molecule has 17 heavy (non-hydrogen) atoms. The molecule has 0 bridgehead atoms. The van der Waals surface area contributed by atoms with E-state index in [2.05, 4.69) is 21.2 Å². The van der Waals surface area contributed by atoms with Crippen LogP contribution in [-0.4, -0.2) is 26.0 Å². The second kappa shape index (κ2) is 4.86. The highest BCUT2D eigenvalue weighted by molar-refractivity contribution is 9.10. The molecule has 0 aliphatic carbocycles. The maximum atomic E-state index is 11.5. The van der Waals surface area contributed by atoms with E-state index in [1.165, 1.54) is 0 Å². The van der Waals surface area contributed by atoms with Gasteiger partial charge in [0.05, 0.1) is 22.9 Å². The van der Waals surface area contributed by atoms with Gasteiger partial charge in [-0.3, -0.25) is 0 Å². The molecule has 1 unspecified atom stereocenters. The van der Waals surface area contributed by atoms with Gasteiger partial charge in [0.15, 0.2) is 9.84 Å². The Balaban J connectivity index is 2.10. The number of benzene rings is 1. The number of nitrogens with one attached hydrogen (secondary N) is 1. The Labute approximate surface area is 110 Å². The van der Waals surface area contributed by atoms with Gasteiger partial charge in [-0.25, -0.2) is 8.42 Å². The van der Waals surface area contributed by atoms with Gasteiger partial charge in [0.2, 0.25) is 0 Å². The van der Waals surface area contributed by atoms with Crippen LogP contribution in [0.4, 0.5) is 11.4 Å². The van der Waals surface area contributed by atoms with Crippen LogP contribution in [0.2, 0.25) is 0 Å². The van der Waals surface area contributed by atoms with Gasteiger partial charge in [0, 0.05) is 10.5 Å².